The third-order valence-corrected chi connectivity index (χ3v) is 3.29. The molecule has 0 unspecified atom stereocenters. The normalized spacial score (nSPS) is 22.5. The van der Waals surface area contributed by atoms with Gasteiger partial charge in [-0.05, 0) is 38.5 Å². The van der Waals surface area contributed by atoms with E-state index in [0.717, 1.165) is 6.54 Å². The van der Waals surface area contributed by atoms with Gasteiger partial charge in [-0.2, -0.15) is 0 Å². The predicted molar refractivity (Wildman–Crippen MR) is 63.8 cm³/mol. The van der Waals surface area contributed by atoms with Gasteiger partial charge in [-0.3, -0.25) is 0 Å². The minimum absolute atomic E-state index is 0.661. The molecule has 0 saturated heterocycles. The predicted octanol–water partition coefficient (Wildman–Crippen LogP) is 1.90. The first kappa shape index (κ1) is 10.5. The van der Waals surface area contributed by atoms with E-state index in [0.29, 0.717) is 12.0 Å². The lowest BCUT2D eigenvalue weighted by molar-refractivity contribution is 0.488. The van der Waals surface area contributed by atoms with Gasteiger partial charge >= 0.3 is 0 Å². The maximum atomic E-state index is 5.92. The lowest BCUT2D eigenvalue weighted by Gasteiger charge is -2.17. The van der Waals surface area contributed by atoms with Gasteiger partial charge in [0.1, 0.15) is 0 Å². The van der Waals surface area contributed by atoms with E-state index in [9.17, 15) is 0 Å². The number of hydrogen-bond donors (Lipinski definition) is 1. The highest BCUT2D eigenvalue weighted by atomic mass is 15.3. The Balaban J connectivity index is 1.83. The Morgan fingerprint density at radius 3 is 2.93 bits per heavy atom. The van der Waals surface area contributed by atoms with Crippen LogP contribution in [0.15, 0.2) is 16.6 Å². The highest BCUT2D eigenvalue weighted by Crippen LogP contribution is 2.25. The van der Waals surface area contributed by atoms with Crippen molar-refractivity contribution in [3.05, 3.63) is 11.6 Å². The van der Waals surface area contributed by atoms with E-state index in [1.165, 1.54) is 44.1 Å². The molecule has 0 aromatic rings. The van der Waals surface area contributed by atoms with E-state index in [2.05, 4.69) is 16.0 Å². The van der Waals surface area contributed by atoms with Crippen LogP contribution in [0.4, 0.5) is 0 Å². The second-order valence-electron chi connectivity index (χ2n) is 4.62. The van der Waals surface area contributed by atoms with Gasteiger partial charge in [-0.15, -0.1) is 0 Å². The van der Waals surface area contributed by atoms with Crippen molar-refractivity contribution >= 4 is 5.96 Å². The van der Waals surface area contributed by atoms with Gasteiger partial charge in [0.15, 0.2) is 5.96 Å². The second-order valence-corrected chi connectivity index (χ2v) is 4.62. The molecule has 0 amide bonds. The number of rotatable bonds is 3. The first-order valence-corrected chi connectivity index (χ1v) is 5.98. The molecule has 0 bridgehead atoms. The average molecular weight is 207 g/mol. The number of aliphatic imine (C=N–C) groups is 1. The van der Waals surface area contributed by atoms with Crippen molar-refractivity contribution in [3.8, 4) is 0 Å². The minimum atomic E-state index is 0.661. The van der Waals surface area contributed by atoms with Crippen LogP contribution in [0.2, 0.25) is 0 Å². The second kappa shape index (κ2) is 4.69. The molecule has 0 radical (unpaired) electrons. The highest BCUT2D eigenvalue weighted by molar-refractivity contribution is 5.78. The van der Waals surface area contributed by atoms with Gasteiger partial charge in [0.2, 0.25) is 0 Å². The van der Waals surface area contributed by atoms with Gasteiger partial charge in [0, 0.05) is 13.1 Å². The number of hydrogen-bond acceptors (Lipinski definition) is 1. The molecule has 84 valence electrons. The van der Waals surface area contributed by atoms with Crippen molar-refractivity contribution in [1.29, 1.82) is 0 Å². The third kappa shape index (κ3) is 2.98. The molecular formula is C12H21N3. The van der Waals surface area contributed by atoms with Crippen LogP contribution >= 0.6 is 0 Å². The molecule has 0 aliphatic heterocycles. The number of nitrogens with zero attached hydrogens (tertiary/aromatic N) is 2. The molecule has 3 nitrogen and oxygen atoms in total. The molecule has 0 aromatic carbocycles. The maximum Gasteiger partial charge on any atom is 0.191 e. The summed E-state index contributed by atoms with van der Waals surface area (Å²) in [6.45, 7) is 0.808. The van der Waals surface area contributed by atoms with Crippen LogP contribution < -0.4 is 5.73 Å². The first-order chi connectivity index (χ1) is 7.27. The molecule has 15 heavy (non-hydrogen) atoms. The molecule has 0 aromatic heterocycles. The Kier molecular flexibility index (Phi) is 3.29. The van der Waals surface area contributed by atoms with E-state index in [1.54, 1.807) is 0 Å². The Labute approximate surface area is 92.0 Å². The summed E-state index contributed by atoms with van der Waals surface area (Å²) in [5.74, 6) is 0.712. The SMILES string of the molecule is CN(C(N)=NCC1=CCCCC1)C1CC1. The molecule has 2 rings (SSSR count). The smallest absolute Gasteiger partial charge is 0.191 e. The summed E-state index contributed by atoms with van der Waals surface area (Å²) >= 11 is 0. The molecule has 0 atom stereocenters. The zero-order valence-corrected chi connectivity index (χ0v) is 9.58. The van der Waals surface area contributed by atoms with Gasteiger partial charge in [-0.25, -0.2) is 4.99 Å². The summed E-state index contributed by atoms with van der Waals surface area (Å²) in [6.07, 6.45) is 9.97. The van der Waals surface area contributed by atoms with E-state index < -0.39 is 0 Å². The molecule has 1 saturated carbocycles. The van der Waals surface area contributed by atoms with E-state index in [4.69, 9.17) is 5.73 Å². The summed E-state index contributed by atoms with van der Waals surface area (Å²) in [7, 11) is 2.05. The average Bonchev–Trinajstić information content (AvgIpc) is 3.10. The minimum Gasteiger partial charge on any atom is -0.370 e. The molecule has 0 spiro atoms. The lowest BCUT2D eigenvalue weighted by Crippen LogP contribution is -2.35. The van der Waals surface area contributed by atoms with Crippen molar-refractivity contribution < 1.29 is 0 Å². The number of nitrogens with two attached hydrogens (primary N) is 1. The largest absolute Gasteiger partial charge is 0.370 e. The molecule has 2 aliphatic rings. The topological polar surface area (TPSA) is 41.6 Å². The van der Waals surface area contributed by atoms with Crippen molar-refractivity contribution in [2.75, 3.05) is 13.6 Å². The zero-order chi connectivity index (χ0) is 10.7. The summed E-state index contributed by atoms with van der Waals surface area (Å²) in [5.41, 5.74) is 7.39. The fraction of sp³-hybridized carbons (Fsp3) is 0.750. The van der Waals surface area contributed by atoms with Crippen LogP contribution in [0.1, 0.15) is 38.5 Å². The standard InChI is InChI=1S/C12H21N3/c1-15(11-7-8-11)12(13)14-9-10-5-3-2-4-6-10/h5,11H,2-4,6-9H2,1H3,(H2,13,14). The Morgan fingerprint density at radius 2 is 2.33 bits per heavy atom. The summed E-state index contributed by atoms with van der Waals surface area (Å²) < 4.78 is 0. The molecule has 0 heterocycles. The monoisotopic (exact) mass is 207 g/mol. The van der Waals surface area contributed by atoms with E-state index >= 15 is 0 Å². The van der Waals surface area contributed by atoms with Crippen molar-refractivity contribution in [2.24, 2.45) is 10.7 Å². The van der Waals surface area contributed by atoms with Crippen LogP contribution in [0.3, 0.4) is 0 Å². The van der Waals surface area contributed by atoms with Crippen LogP contribution in [0.25, 0.3) is 0 Å². The molecule has 2 aliphatic carbocycles. The molecule has 3 heteroatoms. The zero-order valence-electron chi connectivity index (χ0n) is 9.58. The highest BCUT2D eigenvalue weighted by Gasteiger charge is 2.27. The van der Waals surface area contributed by atoms with Gasteiger partial charge in [0.05, 0.1) is 6.54 Å². The maximum absolute atomic E-state index is 5.92. The molecule has 1 fully saturated rings. The van der Waals surface area contributed by atoms with Crippen LogP contribution in [-0.2, 0) is 0 Å². The Morgan fingerprint density at radius 1 is 1.53 bits per heavy atom. The van der Waals surface area contributed by atoms with Crippen molar-refractivity contribution in [1.82, 2.24) is 4.90 Å². The van der Waals surface area contributed by atoms with Crippen molar-refractivity contribution in [3.63, 3.8) is 0 Å². The Hall–Kier alpha value is -0.990. The summed E-state index contributed by atoms with van der Waals surface area (Å²) in [5, 5.41) is 0. The molecule has 2 N–H and O–H groups in total. The van der Waals surface area contributed by atoms with Gasteiger partial charge < -0.3 is 10.6 Å². The summed E-state index contributed by atoms with van der Waals surface area (Å²) in [4.78, 5) is 6.58. The molecular weight excluding hydrogens is 186 g/mol. The number of guanidine groups is 1. The summed E-state index contributed by atoms with van der Waals surface area (Å²) in [6, 6.07) is 0.661. The van der Waals surface area contributed by atoms with E-state index in [1.807, 2.05) is 7.05 Å². The fourth-order valence-corrected chi connectivity index (χ4v) is 1.99. The number of allylic oxidation sites excluding steroid dienone is 1. The van der Waals surface area contributed by atoms with Crippen LogP contribution in [-0.4, -0.2) is 30.5 Å². The fourth-order valence-electron chi connectivity index (χ4n) is 1.99. The Bertz CT molecular complexity index is 277. The van der Waals surface area contributed by atoms with E-state index in [-0.39, 0.29) is 0 Å². The van der Waals surface area contributed by atoms with Crippen LogP contribution in [0, 0.1) is 0 Å². The lowest BCUT2D eigenvalue weighted by atomic mass is 10.00. The third-order valence-electron chi connectivity index (χ3n) is 3.29. The van der Waals surface area contributed by atoms with Gasteiger partial charge in [0.25, 0.3) is 0 Å². The van der Waals surface area contributed by atoms with Crippen molar-refractivity contribution in [2.45, 2.75) is 44.6 Å². The first-order valence-electron chi connectivity index (χ1n) is 5.98. The quantitative estimate of drug-likeness (QED) is 0.436. The van der Waals surface area contributed by atoms with Gasteiger partial charge in [-0.1, -0.05) is 11.6 Å². The van der Waals surface area contributed by atoms with Crippen LogP contribution in [0.5, 0.6) is 0 Å².